The van der Waals surface area contributed by atoms with E-state index in [-0.39, 0.29) is 5.78 Å². The summed E-state index contributed by atoms with van der Waals surface area (Å²) in [7, 11) is 1.85. The predicted molar refractivity (Wildman–Crippen MR) is 63.8 cm³/mol. The smallest absolute Gasteiger partial charge is 0.161 e. The molecule has 0 N–H and O–H groups in total. The monoisotopic (exact) mass is 270 g/mol. The van der Waals surface area contributed by atoms with E-state index in [0.717, 1.165) is 21.4 Å². The molecule has 0 aliphatic carbocycles. The molecule has 0 amide bonds. The molecule has 0 aliphatic heterocycles. The van der Waals surface area contributed by atoms with E-state index >= 15 is 0 Å². The number of carbonyl (C=O) groups excluding carboxylic acids is 1. The van der Waals surface area contributed by atoms with E-state index < -0.39 is 0 Å². The molecule has 0 spiro atoms. The number of aromatic nitrogens is 2. The Morgan fingerprint density at radius 3 is 2.53 bits per heavy atom. The Hall–Kier alpha value is -0.900. The second-order valence-electron chi connectivity index (χ2n) is 3.83. The molecule has 1 rings (SSSR count). The largest absolute Gasteiger partial charge is 0.294 e. The minimum absolute atomic E-state index is 0.110. The van der Waals surface area contributed by atoms with Gasteiger partial charge < -0.3 is 0 Å². The van der Waals surface area contributed by atoms with Crippen LogP contribution in [0.15, 0.2) is 16.1 Å². The van der Waals surface area contributed by atoms with Gasteiger partial charge in [-0.1, -0.05) is 5.57 Å². The van der Waals surface area contributed by atoms with Gasteiger partial charge in [0, 0.05) is 7.05 Å². The molecule has 0 saturated heterocycles. The van der Waals surface area contributed by atoms with Gasteiger partial charge in [0.2, 0.25) is 0 Å². The standard InChI is InChI=1S/C11H15BrN2O/c1-7(2)5-9(15)6-10-11(12)8(3)13-14(10)4/h5H,6H2,1-4H3. The van der Waals surface area contributed by atoms with Crippen molar-refractivity contribution in [2.24, 2.45) is 7.05 Å². The van der Waals surface area contributed by atoms with E-state index in [9.17, 15) is 4.79 Å². The van der Waals surface area contributed by atoms with Crippen LogP contribution in [0.3, 0.4) is 0 Å². The predicted octanol–water partition coefficient (Wildman–Crippen LogP) is 2.57. The second-order valence-corrected chi connectivity index (χ2v) is 4.63. The van der Waals surface area contributed by atoms with Crippen molar-refractivity contribution in [1.82, 2.24) is 9.78 Å². The zero-order chi connectivity index (χ0) is 11.6. The van der Waals surface area contributed by atoms with Crippen LogP contribution in [0.4, 0.5) is 0 Å². The minimum Gasteiger partial charge on any atom is -0.294 e. The summed E-state index contributed by atoms with van der Waals surface area (Å²) in [6.45, 7) is 5.75. The van der Waals surface area contributed by atoms with Crippen LogP contribution in [0, 0.1) is 6.92 Å². The fourth-order valence-corrected chi connectivity index (χ4v) is 1.89. The molecule has 3 nitrogen and oxygen atoms in total. The van der Waals surface area contributed by atoms with Crippen molar-refractivity contribution in [3.63, 3.8) is 0 Å². The fraction of sp³-hybridized carbons (Fsp3) is 0.455. The van der Waals surface area contributed by atoms with E-state index in [1.54, 1.807) is 10.8 Å². The summed E-state index contributed by atoms with van der Waals surface area (Å²) >= 11 is 3.44. The molecule has 0 bridgehead atoms. The molecule has 0 fully saturated rings. The third kappa shape index (κ3) is 3.02. The van der Waals surface area contributed by atoms with Crippen LogP contribution in [0.2, 0.25) is 0 Å². The van der Waals surface area contributed by atoms with Crippen LogP contribution in [-0.4, -0.2) is 15.6 Å². The van der Waals surface area contributed by atoms with Gasteiger partial charge in [-0.05, 0) is 42.8 Å². The van der Waals surface area contributed by atoms with E-state index in [4.69, 9.17) is 0 Å². The molecule has 0 radical (unpaired) electrons. The molecule has 0 unspecified atom stereocenters. The van der Waals surface area contributed by atoms with Gasteiger partial charge in [0.1, 0.15) is 0 Å². The van der Waals surface area contributed by atoms with Crippen molar-refractivity contribution in [1.29, 1.82) is 0 Å². The molecule has 0 saturated carbocycles. The first-order valence-electron chi connectivity index (χ1n) is 4.77. The number of allylic oxidation sites excluding steroid dienone is 2. The van der Waals surface area contributed by atoms with Gasteiger partial charge in [0.25, 0.3) is 0 Å². The highest BCUT2D eigenvalue weighted by Gasteiger charge is 2.12. The van der Waals surface area contributed by atoms with Crippen LogP contribution in [0.1, 0.15) is 25.2 Å². The molecule has 1 aromatic rings. The Balaban J connectivity index is 2.90. The maximum absolute atomic E-state index is 11.6. The van der Waals surface area contributed by atoms with Crippen molar-refractivity contribution in [2.75, 3.05) is 0 Å². The first-order chi connectivity index (χ1) is 6.91. The lowest BCUT2D eigenvalue weighted by Gasteiger charge is -1.99. The van der Waals surface area contributed by atoms with Gasteiger partial charge in [-0.2, -0.15) is 5.10 Å². The van der Waals surface area contributed by atoms with Gasteiger partial charge in [-0.15, -0.1) is 0 Å². The first-order valence-corrected chi connectivity index (χ1v) is 5.56. The maximum atomic E-state index is 11.6. The summed E-state index contributed by atoms with van der Waals surface area (Å²) in [5.41, 5.74) is 2.86. The quantitative estimate of drug-likeness (QED) is 0.792. The molecule has 15 heavy (non-hydrogen) atoms. The van der Waals surface area contributed by atoms with Crippen molar-refractivity contribution in [3.8, 4) is 0 Å². The van der Waals surface area contributed by atoms with Gasteiger partial charge in [0.05, 0.1) is 22.3 Å². The zero-order valence-corrected chi connectivity index (χ0v) is 11.1. The third-order valence-electron chi connectivity index (χ3n) is 2.05. The van der Waals surface area contributed by atoms with Crippen molar-refractivity contribution < 1.29 is 4.79 Å². The third-order valence-corrected chi connectivity index (χ3v) is 3.08. The van der Waals surface area contributed by atoms with Crippen molar-refractivity contribution in [2.45, 2.75) is 27.2 Å². The van der Waals surface area contributed by atoms with E-state index in [0.29, 0.717) is 6.42 Å². The Morgan fingerprint density at radius 1 is 1.53 bits per heavy atom. The SMILES string of the molecule is CC(C)=CC(=O)Cc1c(Br)c(C)nn1C. The molecule has 82 valence electrons. The Labute approximate surface area is 98.3 Å². The van der Waals surface area contributed by atoms with Gasteiger partial charge >= 0.3 is 0 Å². The summed E-state index contributed by atoms with van der Waals surface area (Å²) in [5, 5.41) is 4.24. The van der Waals surface area contributed by atoms with Gasteiger partial charge in [-0.25, -0.2) is 0 Å². The Morgan fingerprint density at radius 2 is 2.13 bits per heavy atom. The number of carbonyl (C=O) groups is 1. The Bertz CT molecular complexity index is 414. The highest BCUT2D eigenvalue weighted by atomic mass is 79.9. The summed E-state index contributed by atoms with van der Waals surface area (Å²) < 4.78 is 2.68. The van der Waals surface area contributed by atoms with Gasteiger partial charge in [0.15, 0.2) is 5.78 Å². The average Bonchev–Trinajstić information content (AvgIpc) is 2.31. The normalized spacial score (nSPS) is 10.2. The number of halogens is 1. The number of ketones is 1. The van der Waals surface area contributed by atoms with Crippen LogP contribution in [0.5, 0.6) is 0 Å². The lowest BCUT2D eigenvalue weighted by Crippen LogP contribution is -2.05. The number of hydrogen-bond acceptors (Lipinski definition) is 2. The molecular weight excluding hydrogens is 256 g/mol. The fourth-order valence-electron chi connectivity index (χ4n) is 1.41. The summed E-state index contributed by atoms with van der Waals surface area (Å²) in [6.07, 6.45) is 2.05. The number of hydrogen-bond donors (Lipinski definition) is 0. The topological polar surface area (TPSA) is 34.9 Å². The summed E-state index contributed by atoms with van der Waals surface area (Å²) in [5.74, 6) is 0.110. The molecule has 4 heteroatoms. The lowest BCUT2D eigenvalue weighted by atomic mass is 10.1. The van der Waals surface area contributed by atoms with Crippen molar-refractivity contribution >= 4 is 21.7 Å². The van der Waals surface area contributed by atoms with Crippen LogP contribution in [0.25, 0.3) is 0 Å². The Kier molecular flexibility index (Phi) is 3.85. The van der Waals surface area contributed by atoms with E-state index in [1.807, 2.05) is 27.8 Å². The van der Waals surface area contributed by atoms with Gasteiger partial charge in [-0.3, -0.25) is 9.48 Å². The summed E-state index contributed by atoms with van der Waals surface area (Å²) in [6, 6.07) is 0. The minimum atomic E-state index is 0.110. The molecule has 0 aliphatic rings. The lowest BCUT2D eigenvalue weighted by molar-refractivity contribution is -0.114. The van der Waals surface area contributed by atoms with Crippen molar-refractivity contribution in [3.05, 3.63) is 27.5 Å². The molecule has 1 heterocycles. The highest BCUT2D eigenvalue weighted by Crippen LogP contribution is 2.20. The molecule has 0 atom stereocenters. The van der Waals surface area contributed by atoms with E-state index in [1.165, 1.54) is 0 Å². The molecular formula is C11H15BrN2O. The zero-order valence-electron chi connectivity index (χ0n) is 9.47. The van der Waals surface area contributed by atoms with Crippen LogP contribution < -0.4 is 0 Å². The maximum Gasteiger partial charge on any atom is 0.161 e. The highest BCUT2D eigenvalue weighted by molar-refractivity contribution is 9.10. The number of rotatable bonds is 3. The average molecular weight is 271 g/mol. The molecule has 1 aromatic heterocycles. The van der Waals surface area contributed by atoms with Crippen LogP contribution >= 0.6 is 15.9 Å². The van der Waals surface area contributed by atoms with Crippen LogP contribution in [-0.2, 0) is 18.3 Å². The number of nitrogens with zero attached hydrogens (tertiary/aromatic N) is 2. The second kappa shape index (κ2) is 4.75. The van der Waals surface area contributed by atoms with E-state index in [2.05, 4.69) is 21.0 Å². The first kappa shape index (κ1) is 12.2. The molecule has 0 aromatic carbocycles. The summed E-state index contributed by atoms with van der Waals surface area (Å²) in [4.78, 5) is 11.6. The number of aryl methyl sites for hydroxylation is 2.